The lowest BCUT2D eigenvalue weighted by Gasteiger charge is -2.35. The molecule has 0 radical (unpaired) electrons. The van der Waals surface area contributed by atoms with E-state index in [2.05, 4.69) is 64.8 Å². The molecule has 0 spiro atoms. The number of rotatable bonds is 8. The van der Waals surface area contributed by atoms with Crippen LogP contribution in [-0.2, 0) is 11.3 Å². The number of aryl methyl sites for hydroxylation is 4. The minimum Gasteiger partial charge on any atom is -0.379 e. The number of nitrogens with one attached hydrogen (secondary N) is 2. The molecule has 1 aromatic carbocycles. The molecule has 2 heterocycles. The Morgan fingerprint density at radius 3 is 2.66 bits per heavy atom. The van der Waals surface area contributed by atoms with Gasteiger partial charge in [0, 0.05) is 38.4 Å². The van der Waals surface area contributed by atoms with E-state index in [4.69, 9.17) is 4.74 Å². The van der Waals surface area contributed by atoms with Gasteiger partial charge in [0.15, 0.2) is 0 Å². The van der Waals surface area contributed by atoms with Gasteiger partial charge in [-0.3, -0.25) is 9.58 Å². The van der Waals surface area contributed by atoms with E-state index in [1.807, 2.05) is 11.6 Å². The van der Waals surface area contributed by atoms with Crippen LogP contribution in [0.3, 0.4) is 0 Å². The van der Waals surface area contributed by atoms with E-state index in [0.717, 1.165) is 50.7 Å². The largest absolute Gasteiger partial charge is 0.379 e. The van der Waals surface area contributed by atoms with Gasteiger partial charge in [-0.15, -0.1) is 0 Å². The summed E-state index contributed by atoms with van der Waals surface area (Å²) in [7, 11) is 0. The van der Waals surface area contributed by atoms with E-state index in [9.17, 15) is 4.79 Å². The molecule has 7 heteroatoms. The first-order chi connectivity index (χ1) is 14.0. The average molecular weight is 400 g/mol. The van der Waals surface area contributed by atoms with Crippen LogP contribution in [0.15, 0.2) is 30.3 Å². The Kier molecular flexibility index (Phi) is 7.66. The van der Waals surface area contributed by atoms with Crippen molar-refractivity contribution in [3.8, 4) is 0 Å². The Labute approximate surface area is 173 Å². The highest BCUT2D eigenvalue weighted by molar-refractivity contribution is 5.73. The topological polar surface area (TPSA) is 71.4 Å². The molecule has 1 atom stereocenters. The van der Waals surface area contributed by atoms with Crippen LogP contribution in [0.25, 0.3) is 0 Å². The predicted molar refractivity (Wildman–Crippen MR) is 114 cm³/mol. The first kappa shape index (κ1) is 21.3. The van der Waals surface area contributed by atoms with Crippen LogP contribution in [0.5, 0.6) is 0 Å². The number of morpholine rings is 1. The number of aromatic nitrogens is 2. The summed E-state index contributed by atoms with van der Waals surface area (Å²) in [5.41, 5.74) is 4.64. The molecule has 1 unspecified atom stereocenters. The number of hydrogen-bond donors (Lipinski definition) is 2. The van der Waals surface area contributed by atoms with Crippen molar-refractivity contribution in [2.45, 2.75) is 39.8 Å². The molecule has 2 N–H and O–H groups in total. The summed E-state index contributed by atoms with van der Waals surface area (Å²) in [5.74, 6) is 0. The highest BCUT2D eigenvalue weighted by Crippen LogP contribution is 2.22. The summed E-state index contributed by atoms with van der Waals surface area (Å²) >= 11 is 0. The fourth-order valence-electron chi connectivity index (χ4n) is 3.81. The number of nitrogens with zero attached hydrogens (tertiary/aromatic N) is 3. The summed E-state index contributed by atoms with van der Waals surface area (Å²) in [6.07, 6.45) is 0.847. The normalized spacial score (nSPS) is 15.8. The molecule has 3 rings (SSSR count). The van der Waals surface area contributed by atoms with Gasteiger partial charge in [-0.2, -0.15) is 5.10 Å². The van der Waals surface area contributed by atoms with Crippen molar-refractivity contribution in [1.82, 2.24) is 25.3 Å². The first-order valence-corrected chi connectivity index (χ1v) is 10.4. The lowest BCUT2D eigenvalue weighted by atomic mass is 10.0. The highest BCUT2D eigenvalue weighted by atomic mass is 16.5. The van der Waals surface area contributed by atoms with Crippen molar-refractivity contribution < 1.29 is 9.53 Å². The first-order valence-electron chi connectivity index (χ1n) is 10.4. The van der Waals surface area contributed by atoms with Gasteiger partial charge in [0.25, 0.3) is 0 Å². The van der Waals surface area contributed by atoms with Gasteiger partial charge < -0.3 is 15.4 Å². The molecule has 0 aliphatic carbocycles. The molecule has 2 aromatic rings. The van der Waals surface area contributed by atoms with Gasteiger partial charge in [0.1, 0.15) is 0 Å². The van der Waals surface area contributed by atoms with Gasteiger partial charge >= 0.3 is 6.03 Å². The number of urea groups is 1. The van der Waals surface area contributed by atoms with Crippen molar-refractivity contribution in [3.05, 3.63) is 52.8 Å². The molecular weight excluding hydrogens is 366 g/mol. The van der Waals surface area contributed by atoms with E-state index in [0.29, 0.717) is 13.1 Å². The monoisotopic (exact) mass is 399 g/mol. The maximum atomic E-state index is 12.3. The standard InChI is InChI=1S/C22H33N5O2/c1-17-6-4-7-20(14-17)21(26-10-12-29-13-11-26)16-24-22(28)23-8-5-9-27-19(3)15-18(2)25-27/h4,6-7,14-15,21H,5,8-13,16H2,1-3H3,(H2,23,24,28). The summed E-state index contributed by atoms with van der Waals surface area (Å²) < 4.78 is 7.49. The molecule has 2 amide bonds. The zero-order valence-corrected chi connectivity index (χ0v) is 17.8. The summed E-state index contributed by atoms with van der Waals surface area (Å²) in [4.78, 5) is 14.7. The SMILES string of the molecule is Cc1cccc(C(CNC(=O)NCCCn2nc(C)cc2C)N2CCOCC2)c1. The Morgan fingerprint density at radius 1 is 1.17 bits per heavy atom. The molecule has 158 valence electrons. The van der Waals surface area contributed by atoms with Crippen LogP contribution in [0.1, 0.15) is 35.0 Å². The van der Waals surface area contributed by atoms with E-state index in [-0.39, 0.29) is 12.1 Å². The number of ether oxygens (including phenoxy) is 1. The number of hydrogen-bond acceptors (Lipinski definition) is 4. The van der Waals surface area contributed by atoms with E-state index >= 15 is 0 Å². The van der Waals surface area contributed by atoms with Crippen LogP contribution in [0.2, 0.25) is 0 Å². The Bertz CT molecular complexity index is 798. The van der Waals surface area contributed by atoms with E-state index < -0.39 is 0 Å². The zero-order valence-electron chi connectivity index (χ0n) is 17.8. The molecule has 1 saturated heterocycles. The maximum absolute atomic E-state index is 12.3. The van der Waals surface area contributed by atoms with Crippen LogP contribution in [0, 0.1) is 20.8 Å². The molecule has 7 nitrogen and oxygen atoms in total. The fraction of sp³-hybridized carbons (Fsp3) is 0.545. The highest BCUT2D eigenvalue weighted by Gasteiger charge is 2.23. The van der Waals surface area contributed by atoms with E-state index in [1.165, 1.54) is 11.1 Å². The fourth-order valence-corrected chi connectivity index (χ4v) is 3.81. The van der Waals surface area contributed by atoms with Crippen LogP contribution >= 0.6 is 0 Å². The quantitative estimate of drug-likeness (QED) is 0.670. The second-order valence-corrected chi connectivity index (χ2v) is 7.72. The minimum absolute atomic E-state index is 0.121. The number of carbonyl (C=O) groups is 1. The number of amides is 2. The zero-order chi connectivity index (χ0) is 20.6. The van der Waals surface area contributed by atoms with Crippen molar-refractivity contribution in [2.24, 2.45) is 0 Å². The molecule has 1 aliphatic heterocycles. The smallest absolute Gasteiger partial charge is 0.314 e. The van der Waals surface area contributed by atoms with Crippen LogP contribution in [-0.4, -0.2) is 60.1 Å². The predicted octanol–water partition coefficient (Wildman–Crippen LogP) is 2.57. The summed E-state index contributed by atoms with van der Waals surface area (Å²) in [5, 5.41) is 10.5. The Hall–Kier alpha value is -2.38. The second kappa shape index (κ2) is 10.4. The third-order valence-corrected chi connectivity index (χ3v) is 5.30. The number of benzene rings is 1. The molecule has 1 aliphatic rings. The van der Waals surface area contributed by atoms with Crippen molar-refractivity contribution in [1.29, 1.82) is 0 Å². The Morgan fingerprint density at radius 2 is 1.97 bits per heavy atom. The summed E-state index contributed by atoms with van der Waals surface area (Å²) in [6.45, 7) is 11.4. The van der Waals surface area contributed by atoms with Gasteiger partial charge in [0.05, 0.1) is 24.9 Å². The molecular formula is C22H33N5O2. The lowest BCUT2D eigenvalue weighted by Crippen LogP contribution is -2.46. The van der Waals surface area contributed by atoms with Crippen molar-refractivity contribution >= 4 is 6.03 Å². The third kappa shape index (κ3) is 6.30. The van der Waals surface area contributed by atoms with Gasteiger partial charge in [-0.1, -0.05) is 29.8 Å². The Balaban J connectivity index is 1.48. The van der Waals surface area contributed by atoms with Gasteiger partial charge in [0.2, 0.25) is 0 Å². The molecule has 0 saturated carbocycles. The third-order valence-electron chi connectivity index (χ3n) is 5.30. The van der Waals surface area contributed by atoms with Crippen LogP contribution < -0.4 is 10.6 Å². The van der Waals surface area contributed by atoms with Gasteiger partial charge in [-0.25, -0.2) is 4.79 Å². The van der Waals surface area contributed by atoms with E-state index in [1.54, 1.807) is 0 Å². The molecule has 29 heavy (non-hydrogen) atoms. The van der Waals surface area contributed by atoms with Crippen molar-refractivity contribution in [2.75, 3.05) is 39.4 Å². The molecule has 1 aromatic heterocycles. The van der Waals surface area contributed by atoms with Crippen LogP contribution in [0.4, 0.5) is 4.79 Å². The average Bonchev–Trinajstić information content (AvgIpc) is 3.03. The second-order valence-electron chi connectivity index (χ2n) is 7.72. The maximum Gasteiger partial charge on any atom is 0.314 e. The summed E-state index contributed by atoms with van der Waals surface area (Å²) in [6, 6.07) is 10.6. The molecule has 0 bridgehead atoms. The lowest BCUT2D eigenvalue weighted by molar-refractivity contribution is 0.0167. The molecule has 1 fully saturated rings. The van der Waals surface area contributed by atoms with Crippen molar-refractivity contribution in [3.63, 3.8) is 0 Å². The minimum atomic E-state index is -0.121. The van der Waals surface area contributed by atoms with Gasteiger partial charge in [-0.05, 0) is 38.8 Å². The number of carbonyl (C=O) groups excluding carboxylic acids is 1.